The van der Waals surface area contributed by atoms with Crippen molar-refractivity contribution in [1.29, 1.82) is 0 Å². The van der Waals surface area contributed by atoms with Crippen molar-refractivity contribution in [2.75, 3.05) is 19.8 Å². The van der Waals surface area contributed by atoms with Crippen molar-refractivity contribution in [3.63, 3.8) is 0 Å². The van der Waals surface area contributed by atoms with Crippen LogP contribution in [-0.4, -0.2) is 40.9 Å². The molecule has 116 valence electrons. The van der Waals surface area contributed by atoms with Crippen LogP contribution in [0.25, 0.3) is 0 Å². The molecule has 1 N–H and O–H groups in total. The van der Waals surface area contributed by atoms with Gasteiger partial charge in [-0.3, -0.25) is 9.00 Å². The number of hydrogen-bond acceptors (Lipinski definition) is 3. The van der Waals surface area contributed by atoms with E-state index in [1.165, 1.54) is 0 Å². The summed E-state index contributed by atoms with van der Waals surface area (Å²) in [6, 6.07) is 8.02. The molecule has 3 unspecified atom stereocenters. The van der Waals surface area contributed by atoms with Gasteiger partial charge in [0.2, 0.25) is 5.91 Å². The minimum Gasteiger partial charge on any atom is -0.339 e. The molecule has 0 saturated carbocycles. The van der Waals surface area contributed by atoms with Crippen LogP contribution in [0.1, 0.15) is 37.8 Å². The number of benzene rings is 1. The van der Waals surface area contributed by atoms with E-state index in [0.29, 0.717) is 12.5 Å². The maximum atomic E-state index is 12.3. The lowest BCUT2D eigenvalue weighted by molar-refractivity contribution is -0.132. The normalized spacial score (nSPS) is 21.0. The van der Waals surface area contributed by atoms with E-state index in [-0.39, 0.29) is 11.9 Å². The third kappa shape index (κ3) is 4.14. The summed E-state index contributed by atoms with van der Waals surface area (Å²) in [7, 11) is 0.893. The smallest absolute Gasteiger partial charge is 0.224 e. The maximum absolute atomic E-state index is 12.3. The standard InChI is InChI=1S/C16H24N2O2S/c1-12(13-6-8-15(9-7-13)21(3)20)18(2)16(19)11-14-5-4-10-17-14/h6-9,12,14,17H,4-5,10-11H2,1-3H3. The highest BCUT2D eigenvalue weighted by Crippen LogP contribution is 2.22. The first-order valence-corrected chi connectivity index (χ1v) is 8.97. The Kier molecular flexibility index (Phi) is 5.53. The first-order chi connectivity index (χ1) is 9.99. The van der Waals surface area contributed by atoms with Gasteiger partial charge in [-0.2, -0.15) is 0 Å². The molecule has 21 heavy (non-hydrogen) atoms. The van der Waals surface area contributed by atoms with Gasteiger partial charge in [0.1, 0.15) is 0 Å². The topological polar surface area (TPSA) is 49.4 Å². The summed E-state index contributed by atoms with van der Waals surface area (Å²) in [4.78, 5) is 14.9. The van der Waals surface area contributed by atoms with Crippen LogP contribution in [0.5, 0.6) is 0 Å². The highest BCUT2D eigenvalue weighted by molar-refractivity contribution is 7.84. The number of nitrogens with zero attached hydrogens (tertiary/aromatic N) is 1. The summed E-state index contributed by atoms with van der Waals surface area (Å²) in [6.07, 6.45) is 4.48. The van der Waals surface area contributed by atoms with Crippen LogP contribution in [0.4, 0.5) is 0 Å². The molecule has 1 saturated heterocycles. The van der Waals surface area contributed by atoms with Crippen LogP contribution >= 0.6 is 0 Å². The van der Waals surface area contributed by atoms with Crippen LogP contribution in [-0.2, 0) is 15.6 Å². The SMILES string of the molecule is CC(c1ccc(S(C)=O)cc1)N(C)C(=O)CC1CCCN1. The quantitative estimate of drug-likeness (QED) is 0.906. The number of amides is 1. The van der Waals surface area contributed by atoms with Crippen molar-refractivity contribution >= 4 is 16.7 Å². The minimum atomic E-state index is -0.962. The second-order valence-corrected chi connectivity index (χ2v) is 7.08. The Morgan fingerprint density at radius 2 is 2.10 bits per heavy atom. The molecule has 0 radical (unpaired) electrons. The van der Waals surface area contributed by atoms with Gasteiger partial charge in [-0.1, -0.05) is 12.1 Å². The predicted octanol–water partition coefficient (Wildman–Crippen LogP) is 2.09. The van der Waals surface area contributed by atoms with Crippen LogP contribution in [0.15, 0.2) is 29.2 Å². The van der Waals surface area contributed by atoms with Crippen molar-refractivity contribution < 1.29 is 9.00 Å². The summed E-state index contributed by atoms with van der Waals surface area (Å²) < 4.78 is 11.4. The average Bonchev–Trinajstić information content (AvgIpc) is 2.98. The Morgan fingerprint density at radius 3 is 2.62 bits per heavy atom. The van der Waals surface area contributed by atoms with Gasteiger partial charge in [0.25, 0.3) is 0 Å². The maximum Gasteiger partial charge on any atom is 0.224 e. The summed E-state index contributed by atoms with van der Waals surface area (Å²) >= 11 is 0. The molecule has 1 aliphatic heterocycles. The molecule has 5 heteroatoms. The lowest BCUT2D eigenvalue weighted by Gasteiger charge is -2.26. The number of nitrogens with one attached hydrogen (secondary N) is 1. The molecule has 1 aromatic carbocycles. The fourth-order valence-electron chi connectivity index (χ4n) is 2.66. The monoisotopic (exact) mass is 308 g/mol. The third-order valence-corrected chi connectivity index (χ3v) is 5.19. The van der Waals surface area contributed by atoms with E-state index in [9.17, 15) is 9.00 Å². The van der Waals surface area contributed by atoms with Crippen molar-refractivity contribution in [3.8, 4) is 0 Å². The highest BCUT2D eigenvalue weighted by atomic mass is 32.2. The van der Waals surface area contributed by atoms with Crippen LogP contribution in [0.2, 0.25) is 0 Å². The van der Waals surface area contributed by atoms with Crippen LogP contribution in [0.3, 0.4) is 0 Å². The van der Waals surface area contributed by atoms with Gasteiger partial charge in [0.15, 0.2) is 0 Å². The lowest BCUT2D eigenvalue weighted by Crippen LogP contribution is -2.34. The fraction of sp³-hybridized carbons (Fsp3) is 0.562. The average molecular weight is 308 g/mol. The Labute approximate surface area is 129 Å². The molecule has 1 heterocycles. The molecular weight excluding hydrogens is 284 g/mol. The predicted molar refractivity (Wildman–Crippen MR) is 85.6 cm³/mol. The molecule has 1 amide bonds. The van der Waals surface area contributed by atoms with Gasteiger partial charge >= 0.3 is 0 Å². The largest absolute Gasteiger partial charge is 0.339 e. The Morgan fingerprint density at radius 1 is 1.43 bits per heavy atom. The Balaban J connectivity index is 1.98. The lowest BCUT2D eigenvalue weighted by atomic mass is 10.1. The van der Waals surface area contributed by atoms with Crippen molar-refractivity contribution in [3.05, 3.63) is 29.8 Å². The van der Waals surface area contributed by atoms with Crippen molar-refractivity contribution in [2.24, 2.45) is 0 Å². The number of carbonyl (C=O) groups is 1. The summed E-state index contributed by atoms with van der Waals surface area (Å²) in [5.41, 5.74) is 1.07. The zero-order chi connectivity index (χ0) is 15.4. The van der Waals surface area contributed by atoms with E-state index in [1.54, 1.807) is 11.2 Å². The van der Waals surface area contributed by atoms with Crippen LogP contribution in [0, 0.1) is 0 Å². The molecule has 3 atom stereocenters. The minimum absolute atomic E-state index is 0.0262. The fourth-order valence-corrected chi connectivity index (χ4v) is 3.18. The van der Waals surface area contributed by atoms with Gasteiger partial charge < -0.3 is 10.2 Å². The molecule has 0 aromatic heterocycles. The zero-order valence-corrected chi connectivity index (χ0v) is 13.8. The van der Waals surface area contributed by atoms with Crippen LogP contribution < -0.4 is 5.32 Å². The molecule has 0 bridgehead atoms. The number of rotatable bonds is 5. The van der Waals surface area contributed by atoms with E-state index in [1.807, 2.05) is 38.2 Å². The molecule has 4 nitrogen and oxygen atoms in total. The second-order valence-electron chi connectivity index (χ2n) is 5.70. The van der Waals surface area contributed by atoms with E-state index in [2.05, 4.69) is 5.32 Å². The van der Waals surface area contributed by atoms with E-state index in [0.717, 1.165) is 29.8 Å². The van der Waals surface area contributed by atoms with E-state index < -0.39 is 10.8 Å². The molecule has 0 aliphatic carbocycles. The van der Waals surface area contributed by atoms with Gasteiger partial charge in [0, 0.05) is 41.5 Å². The van der Waals surface area contributed by atoms with Gasteiger partial charge in [-0.05, 0) is 44.0 Å². The zero-order valence-electron chi connectivity index (χ0n) is 13.0. The summed E-state index contributed by atoms with van der Waals surface area (Å²) in [5.74, 6) is 0.171. The van der Waals surface area contributed by atoms with Gasteiger partial charge in [0.05, 0.1) is 6.04 Å². The van der Waals surface area contributed by atoms with Gasteiger partial charge in [-0.15, -0.1) is 0 Å². The molecular formula is C16H24N2O2S. The second kappa shape index (κ2) is 7.18. The molecule has 0 spiro atoms. The molecule has 1 aliphatic rings. The first-order valence-electron chi connectivity index (χ1n) is 7.41. The molecule has 2 rings (SSSR count). The molecule has 1 aromatic rings. The van der Waals surface area contributed by atoms with Gasteiger partial charge in [-0.25, -0.2) is 0 Å². The Bertz CT molecular complexity index is 510. The number of carbonyl (C=O) groups excluding carboxylic acids is 1. The molecule has 1 fully saturated rings. The number of hydrogen-bond donors (Lipinski definition) is 1. The summed E-state index contributed by atoms with van der Waals surface area (Å²) in [5, 5.41) is 3.36. The van der Waals surface area contributed by atoms with E-state index >= 15 is 0 Å². The summed E-state index contributed by atoms with van der Waals surface area (Å²) in [6.45, 7) is 3.05. The third-order valence-electron chi connectivity index (χ3n) is 4.25. The van der Waals surface area contributed by atoms with E-state index in [4.69, 9.17) is 0 Å². The first kappa shape index (κ1) is 16.2. The Hall–Kier alpha value is -1.20. The van der Waals surface area contributed by atoms with Crippen molar-refractivity contribution in [1.82, 2.24) is 10.2 Å². The highest BCUT2D eigenvalue weighted by Gasteiger charge is 2.23. The van der Waals surface area contributed by atoms with Crippen molar-refractivity contribution in [2.45, 2.75) is 43.2 Å².